The summed E-state index contributed by atoms with van der Waals surface area (Å²) in [5.41, 5.74) is 2.48. The van der Waals surface area contributed by atoms with Crippen LogP contribution in [-0.4, -0.2) is 31.1 Å². The van der Waals surface area contributed by atoms with Gasteiger partial charge in [0.1, 0.15) is 0 Å². The smallest absolute Gasteiger partial charge is 0.336 e. The molecule has 1 amide bonds. The Morgan fingerprint density at radius 1 is 1.38 bits per heavy atom. The first kappa shape index (κ1) is 16.6. The zero-order valence-corrected chi connectivity index (χ0v) is 13.9. The van der Waals surface area contributed by atoms with Crippen LogP contribution < -0.4 is 10.0 Å². The minimum absolute atomic E-state index is 0.0481. The van der Waals surface area contributed by atoms with Crippen molar-refractivity contribution in [1.82, 2.24) is 20.2 Å². The van der Waals surface area contributed by atoms with Crippen LogP contribution in [0.4, 0.5) is 0 Å². The third kappa shape index (κ3) is 3.64. The number of amides is 1. The van der Waals surface area contributed by atoms with Gasteiger partial charge < -0.3 is 5.32 Å². The summed E-state index contributed by atoms with van der Waals surface area (Å²) in [6, 6.07) is 8.98. The van der Waals surface area contributed by atoms with Crippen LogP contribution in [0.3, 0.4) is 0 Å². The number of benzene rings is 1. The SMILES string of the molecule is CC1NS(=O)(=O)OCCc2c(C(=O)NCc3ccccc3)n[nH]c21. The highest BCUT2D eigenvalue weighted by molar-refractivity contribution is 7.84. The lowest BCUT2D eigenvalue weighted by atomic mass is 10.1. The molecule has 1 atom stereocenters. The molecule has 1 aliphatic rings. The molecule has 128 valence electrons. The highest BCUT2D eigenvalue weighted by atomic mass is 32.2. The monoisotopic (exact) mass is 350 g/mol. The summed E-state index contributed by atoms with van der Waals surface area (Å²) in [7, 11) is -3.79. The van der Waals surface area contributed by atoms with Crippen molar-refractivity contribution in [3.63, 3.8) is 0 Å². The number of H-pyrrole nitrogens is 1. The maximum absolute atomic E-state index is 12.4. The summed E-state index contributed by atoms with van der Waals surface area (Å²) in [6.45, 7) is 2.00. The second kappa shape index (κ2) is 6.71. The molecule has 3 N–H and O–H groups in total. The van der Waals surface area contributed by atoms with Crippen molar-refractivity contribution in [2.24, 2.45) is 0 Å². The topological polar surface area (TPSA) is 113 Å². The van der Waals surface area contributed by atoms with Gasteiger partial charge in [0.05, 0.1) is 18.3 Å². The van der Waals surface area contributed by atoms with Gasteiger partial charge in [0.2, 0.25) is 0 Å². The van der Waals surface area contributed by atoms with E-state index in [2.05, 4.69) is 20.2 Å². The number of hydrogen-bond donors (Lipinski definition) is 3. The van der Waals surface area contributed by atoms with E-state index in [-0.39, 0.29) is 24.6 Å². The van der Waals surface area contributed by atoms with Crippen LogP contribution in [0.2, 0.25) is 0 Å². The standard InChI is InChI=1S/C15H18N4O4S/c1-10-13-12(7-8-23-24(21,22)19-10)14(18-17-13)15(20)16-9-11-5-3-2-4-6-11/h2-6,10,19H,7-9H2,1H3,(H,16,20)(H,17,18). The predicted octanol–water partition coefficient (Wildman–Crippen LogP) is 0.808. The second-order valence-electron chi connectivity index (χ2n) is 5.50. The number of carbonyl (C=O) groups is 1. The van der Waals surface area contributed by atoms with Crippen LogP contribution in [0.15, 0.2) is 30.3 Å². The first-order valence-corrected chi connectivity index (χ1v) is 8.93. The fraction of sp³-hybridized carbons (Fsp3) is 0.333. The van der Waals surface area contributed by atoms with Gasteiger partial charge in [0.25, 0.3) is 5.91 Å². The normalized spacial score (nSPS) is 19.8. The Bertz CT molecular complexity index is 832. The number of carbonyl (C=O) groups excluding carboxylic acids is 1. The summed E-state index contributed by atoms with van der Waals surface area (Å²) in [5.74, 6) is -0.313. The minimum Gasteiger partial charge on any atom is -0.347 e. The molecule has 1 aromatic heterocycles. The molecule has 0 bridgehead atoms. The van der Waals surface area contributed by atoms with E-state index in [0.717, 1.165) is 5.56 Å². The molecule has 24 heavy (non-hydrogen) atoms. The summed E-state index contributed by atoms with van der Waals surface area (Å²) in [5, 5.41) is 9.65. The molecule has 9 heteroatoms. The van der Waals surface area contributed by atoms with E-state index < -0.39 is 16.3 Å². The molecule has 0 aliphatic carbocycles. The van der Waals surface area contributed by atoms with Crippen LogP contribution in [-0.2, 0) is 27.5 Å². The number of nitrogens with zero attached hydrogens (tertiary/aromatic N) is 1. The van der Waals surface area contributed by atoms with E-state index in [1.54, 1.807) is 6.92 Å². The van der Waals surface area contributed by atoms with Crippen LogP contribution in [0.5, 0.6) is 0 Å². The highest BCUT2D eigenvalue weighted by Crippen LogP contribution is 2.22. The molecule has 2 aromatic rings. The molecule has 1 aliphatic heterocycles. The lowest BCUT2D eigenvalue weighted by Gasteiger charge is -2.18. The Morgan fingerprint density at radius 2 is 2.12 bits per heavy atom. The Hall–Kier alpha value is -2.23. The van der Waals surface area contributed by atoms with Gasteiger partial charge in [-0.05, 0) is 12.5 Å². The first-order chi connectivity index (χ1) is 11.5. The highest BCUT2D eigenvalue weighted by Gasteiger charge is 2.28. The third-order valence-corrected chi connectivity index (χ3v) is 4.87. The molecule has 1 unspecified atom stereocenters. The minimum atomic E-state index is -3.79. The van der Waals surface area contributed by atoms with Gasteiger partial charge in [-0.1, -0.05) is 30.3 Å². The molecular formula is C15H18N4O4S. The summed E-state index contributed by atoms with van der Waals surface area (Å²) < 4.78 is 30.4. The Kier molecular flexibility index (Phi) is 4.65. The maximum Gasteiger partial charge on any atom is 0.336 e. The van der Waals surface area contributed by atoms with E-state index in [9.17, 15) is 13.2 Å². The van der Waals surface area contributed by atoms with Gasteiger partial charge in [-0.3, -0.25) is 14.1 Å². The summed E-state index contributed by atoms with van der Waals surface area (Å²) >= 11 is 0. The molecule has 3 rings (SSSR count). The van der Waals surface area contributed by atoms with Crippen molar-refractivity contribution in [3.8, 4) is 0 Å². The van der Waals surface area contributed by atoms with Crippen molar-refractivity contribution in [2.45, 2.75) is 25.9 Å². The van der Waals surface area contributed by atoms with Crippen LogP contribution >= 0.6 is 0 Å². The average molecular weight is 350 g/mol. The fourth-order valence-electron chi connectivity index (χ4n) is 2.60. The molecule has 1 aromatic carbocycles. The number of rotatable bonds is 3. The number of hydrogen-bond acceptors (Lipinski definition) is 5. The predicted molar refractivity (Wildman–Crippen MR) is 86.3 cm³/mol. The molecule has 0 fully saturated rings. The largest absolute Gasteiger partial charge is 0.347 e. The lowest BCUT2D eigenvalue weighted by molar-refractivity contribution is 0.0945. The molecule has 0 radical (unpaired) electrons. The number of nitrogens with one attached hydrogen (secondary N) is 3. The number of aromatic amines is 1. The number of aromatic nitrogens is 2. The van der Waals surface area contributed by atoms with Crippen molar-refractivity contribution < 1.29 is 17.4 Å². The molecular weight excluding hydrogens is 332 g/mol. The van der Waals surface area contributed by atoms with E-state index >= 15 is 0 Å². The Labute approximate surface area is 139 Å². The van der Waals surface area contributed by atoms with Gasteiger partial charge in [0.15, 0.2) is 5.69 Å². The van der Waals surface area contributed by atoms with E-state index in [1.807, 2.05) is 30.3 Å². The Morgan fingerprint density at radius 3 is 2.88 bits per heavy atom. The van der Waals surface area contributed by atoms with E-state index in [4.69, 9.17) is 4.18 Å². The van der Waals surface area contributed by atoms with Crippen LogP contribution in [0.1, 0.15) is 40.3 Å². The van der Waals surface area contributed by atoms with Gasteiger partial charge in [-0.15, -0.1) is 0 Å². The van der Waals surface area contributed by atoms with Gasteiger partial charge in [-0.2, -0.15) is 18.2 Å². The molecule has 0 spiro atoms. The van der Waals surface area contributed by atoms with Gasteiger partial charge >= 0.3 is 10.3 Å². The van der Waals surface area contributed by atoms with Gasteiger partial charge in [0, 0.05) is 18.5 Å². The van der Waals surface area contributed by atoms with Crippen molar-refractivity contribution in [1.29, 1.82) is 0 Å². The van der Waals surface area contributed by atoms with Crippen LogP contribution in [0.25, 0.3) is 0 Å². The van der Waals surface area contributed by atoms with Crippen molar-refractivity contribution in [3.05, 3.63) is 52.8 Å². The van der Waals surface area contributed by atoms with Crippen LogP contribution in [0, 0.1) is 0 Å². The number of fused-ring (bicyclic) bond motifs is 1. The fourth-order valence-corrected chi connectivity index (χ4v) is 3.52. The second-order valence-corrected chi connectivity index (χ2v) is 6.88. The average Bonchev–Trinajstić information content (AvgIpc) is 2.95. The molecule has 8 nitrogen and oxygen atoms in total. The Balaban J connectivity index is 1.78. The molecule has 2 heterocycles. The summed E-state index contributed by atoms with van der Waals surface area (Å²) in [6.07, 6.45) is 0.283. The first-order valence-electron chi connectivity index (χ1n) is 7.52. The van der Waals surface area contributed by atoms with Crippen molar-refractivity contribution >= 4 is 16.2 Å². The summed E-state index contributed by atoms with van der Waals surface area (Å²) in [4.78, 5) is 12.4. The lowest BCUT2D eigenvalue weighted by Crippen LogP contribution is -2.32. The maximum atomic E-state index is 12.4. The zero-order valence-electron chi connectivity index (χ0n) is 13.1. The van der Waals surface area contributed by atoms with E-state index in [0.29, 0.717) is 17.8 Å². The quantitative estimate of drug-likeness (QED) is 0.758. The van der Waals surface area contributed by atoms with Crippen molar-refractivity contribution in [2.75, 3.05) is 6.61 Å². The third-order valence-electron chi connectivity index (χ3n) is 3.75. The van der Waals surface area contributed by atoms with Gasteiger partial charge in [-0.25, -0.2) is 0 Å². The zero-order chi connectivity index (χ0) is 17.2. The molecule has 0 saturated carbocycles. The van der Waals surface area contributed by atoms with E-state index in [1.165, 1.54) is 0 Å². The molecule has 0 saturated heterocycles.